The number of benzene rings is 1. The molecule has 0 bridgehead atoms. The van der Waals surface area contributed by atoms with Gasteiger partial charge in [0.2, 0.25) is 5.13 Å². The van der Waals surface area contributed by atoms with Gasteiger partial charge in [-0.2, -0.15) is 0 Å². The molecule has 0 aliphatic rings. The molecule has 0 aliphatic heterocycles. The summed E-state index contributed by atoms with van der Waals surface area (Å²) >= 11 is 1.49. The van der Waals surface area contributed by atoms with Crippen molar-refractivity contribution in [3.05, 3.63) is 35.6 Å². The minimum absolute atomic E-state index is 0.0929. The first-order valence-corrected chi connectivity index (χ1v) is 6.57. The standard InChI is InChI=1S/C12H13N5S/c1-8(14-12-16-13-7-18-12)11-15-9-5-3-4-6-10(9)17(11)2/h3-8H,1-2H3,(H,14,16). The quantitative estimate of drug-likeness (QED) is 0.785. The number of aromatic nitrogens is 4. The van der Waals surface area contributed by atoms with Crippen LogP contribution >= 0.6 is 11.3 Å². The van der Waals surface area contributed by atoms with Crippen molar-refractivity contribution in [1.82, 2.24) is 19.7 Å². The van der Waals surface area contributed by atoms with Crippen molar-refractivity contribution in [3.63, 3.8) is 0 Å². The molecule has 0 fully saturated rings. The van der Waals surface area contributed by atoms with Gasteiger partial charge in [-0.25, -0.2) is 4.98 Å². The van der Waals surface area contributed by atoms with Crippen molar-refractivity contribution in [2.24, 2.45) is 7.05 Å². The zero-order valence-corrected chi connectivity index (χ0v) is 11.0. The number of rotatable bonds is 3. The molecule has 6 heteroatoms. The Labute approximate surface area is 109 Å². The Hall–Kier alpha value is -1.95. The molecule has 0 radical (unpaired) electrons. The lowest BCUT2D eigenvalue weighted by molar-refractivity contribution is 0.731. The molecule has 2 heterocycles. The number of aryl methyl sites for hydroxylation is 1. The SMILES string of the molecule is CC(Nc1nncs1)c1nc2ccccc2n1C. The number of hydrogen-bond donors (Lipinski definition) is 1. The largest absolute Gasteiger partial charge is 0.350 e. The first kappa shape index (κ1) is 11.2. The van der Waals surface area contributed by atoms with Gasteiger partial charge < -0.3 is 9.88 Å². The second kappa shape index (κ2) is 4.38. The molecule has 3 aromatic rings. The average Bonchev–Trinajstić information content (AvgIpc) is 2.98. The maximum atomic E-state index is 4.65. The lowest BCUT2D eigenvalue weighted by atomic mass is 10.3. The zero-order chi connectivity index (χ0) is 12.5. The Morgan fingerprint density at radius 1 is 1.33 bits per heavy atom. The van der Waals surface area contributed by atoms with Crippen LogP contribution in [-0.4, -0.2) is 19.7 Å². The van der Waals surface area contributed by atoms with E-state index in [9.17, 15) is 0 Å². The Kier molecular flexibility index (Phi) is 2.71. The van der Waals surface area contributed by atoms with Gasteiger partial charge in [0.05, 0.1) is 17.1 Å². The third-order valence-corrected chi connectivity index (χ3v) is 3.53. The first-order valence-electron chi connectivity index (χ1n) is 5.70. The van der Waals surface area contributed by atoms with Crippen molar-refractivity contribution in [1.29, 1.82) is 0 Å². The smallest absolute Gasteiger partial charge is 0.205 e. The fourth-order valence-corrected chi connectivity index (χ4v) is 2.57. The highest BCUT2D eigenvalue weighted by atomic mass is 32.1. The molecule has 1 N–H and O–H groups in total. The van der Waals surface area contributed by atoms with E-state index in [1.807, 2.05) is 25.2 Å². The molecule has 2 aromatic heterocycles. The lowest BCUT2D eigenvalue weighted by Crippen LogP contribution is -2.11. The van der Waals surface area contributed by atoms with Crippen LogP contribution in [0.5, 0.6) is 0 Å². The number of hydrogen-bond acceptors (Lipinski definition) is 5. The minimum atomic E-state index is 0.0929. The molecule has 0 aliphatic carbocycles. The number of nitrogens with zero attached hydrogens (tertiary/aromatic N) is 4. The van der Waals surface area contributed by atoms with E-state index in [0.29, 0.717) is 0 Å². The van der Waals surface area contributed by atoms with Gasteiger partial charge in [0.1, 0.15) is 11.3 Å². The highest BCUT2D eigenvalue weighted by molar-refractivity contribution is 7.13. The van der Waals surface area contributed by atoms with Gasteiger partial charge in [-0.05, 0) is 19.1 Å². The summed E-state index contributed by atoms with van der Waals surface area (Å²) < 4.78 is 2.11. The topological polar surface area (TPSA) is 55.6 Å². The van der Waals surface area contributed by atoms with Gasteiger partial charge in [-0.1, -0.05) is 23.5 Å². The van der Waals surface area contributed by atoms with Crippen LogP contribution in [0.4, 0.5) is 5.13 Å². The number of anilines is 1. The molecule has 1 atom stereocenters. The number of fused-ring (bicyclic) bond motifs is 1. The summed E-state index contributed by atoms with van der Waals surface area (Å²) in [5, 5.41) is 11.9. The summed E-state index contributed by atoms with van der Waals surface area (Å²) in [4.78, 5) is 4.65. The molecule has 0 spiro atoms. The highest BCUT2D eigenvalue weighted by Crippen LogP contribution is 2.22. The van der Waals surface area contributed by atoms with E-state index in [1.165, 1.54) is 11.3 Å². The van der Waals surface area contributed by atoms with Crippen LogP contribution in [0.3, 0.4) is 0 Å². The van der Waals surface area contributed by atoms with Crippen LogP contribution in [0, 0.1) is 0 Å². The number of para-hydroxylation sites is 2. The van der Waals surface area contributed by atoms with Crippen LogP contribution in [0.25, 0.3) is 11.0 Å². The summed E-state index contributed by atoms with van der Waals surface area (Å²) in [6.07, 6.45) is 0. The maximum absolute atomic E-state index is 4.65. The van der Waals surface area contributed by atoms with E-state index in [1.54, 1.807) is 5.51 Å². The molecule has 3 rings (SSSR count). The molecular formula is C12H13N5S. The van der Waals surface area contributed by atoms with E-state index in [-0.39, 0.29) is 6.04 Å². The number of nitrogens with one attached hydrogen (secondary N) is 1. The van der Waals surface area contributed by atoms with Crippen molar-refractivity contribution in [2.75, 3.05) is 5.32 Å². The van der Waals surface area contributed by atoms with Gasteiger partial charge in [0.25, 0.3) is 0 Å². The number of imidazole rings is 1. The molecule has 1 unspecified atom stereocenters. The summed E-state index contributed by atoms with van der Waals surface area (Å²) in [5.74, 6) is 0.992. The molecule has 0 amide bonds. The Morgan fingerprint density at radius 3 is 2.89 bits per heavy atom. The molecule has 1 aromatic carbocycles. The Bertz CT molecular complexity index is 658. The molecular weight excluding hydrogens is 246 g/mol. The monoisotopic (exact) mass is 259 g/mol. The third kappa shape index (κ3) is 1.84. The lowest BCUT2D eigenvalue weighted by Gasteiger charge is -2.12. The molecule has 5 nitrogen and oxygen atoms in total. The minimum Gasteiger partial charge on any atom is -0.350 e. The normalized spacial score (nSPS) is 12.8. The van der Waals surface area contributed by atoms with E-state index in [0.717, 1.165) is 22.0 Å². The van der Waals surface area contributed by atoms with Crippen molar-refractivity contribution in [3.8, 4) is 0 Å². The van der Waals surface area contributed by atoms with Crippen LogP contribution in [0.2, 0.25) is 0 Å². The van der Waals surface area contributed by atoms with E-state index in [2.05, 4.69) is 38.1 Å². The molecule has 92 valence electrons. The predicted molar refractivity (Wildman–Crippen MR) is 72.7 cm³/mol. The fourth-order valence-electron chi connectivity index (χ4n) is 2.04. The summed E-state index contributed by atoms with van der Waals surface area (Å²) in [7, 11) is 2.03. The van der Waals surface area contributed by atoms with Gasteiger partial charge in [-0.15, -0.1) is 10.2 Å². The van der Waals surface area contributed by atoms with Crippen LogP contribution in [0.15, 0.2) is 29.8 Å². The van der Waals surface area contributed by atoms with Crippen LogP contribution < -0.4 is 5.32 Å². The van der Waals surface area contributed by atoms with Gasteiger partial charge in [-0.3, -0.25) is 0 Å². The first-order chi connectivity index (χ1) is 8.75. The maximum Gasteiger partial charge on any atom is 0.205 e. The molecule has 18 heavy (non-hydrogen) atoms. The predicted octanol–water partition coefficient (Wildman–Crippen LogP) is 2.60. The van der Waals surface area contributed by atoms with Crippen LogP contribution in [0.1, 0.15) is 18.8 Å². The average molecular weight is 259 g/mol. The summed E-state index contributed by atoms with van der Waals surface area (Å²) in [6.45, 7) is 2.07. The second-order valence-corrected chi connectivity index (χ2v) is 4.96. The Balaban J connectivity index is 1.96. The van der Waals surface area contributed by atoms with Crippen molar-refractivity contribution >= 4 is 27.5 Å². The fraction of sp³-hybridized carbons (Fsp3) is 0.250. The summed E-state index contributed by atoms with van der Waals surface area (Å²) in [5.41, 5.74) is 3.86. The summed E-state index contributed by atoms with van der Waals surface area (Å²) in [6, 6.07) is 8.22. The van der Waals surface area contributed by atoms with Crippen molar-refractivity contribution < 1.29 is 0 Å². The van der Waals surface area contributed by atoms with Gasteiger partial charge in [0.15, 0.2) is 0 Å². The van der Waals surface area contributed by atoms with E-state index < -0.39 is 0 Å². The van der Waals surface area contributed by atoms with Crippen molar-refractivity contribution in [2.45, 2.75) is 13.0 Å². The van der Waals surface area contributed by atoms with Gasteiger partial charge in [0, 0.05) is 7.05 Å². The highest BCUT2D eigenvalue weighted by Gasteiger charge is 2.14. The third-order valence-electron chi connectivity index (χ3n) is 2.91. The second-order valence-electron chi connectivity index (χ2n) is 4.13. The zero-order valence-electron chi connectivity index (χ0n) is 10.2. The molecule has 0 saturated carbocycles. The Morgan fingerprint density at radius 2 is 2.17 bits per heavy atom. The molecule has 0 saturated heterocycles. The van der Waals surface area contributed by atoms with Crippen LogP contribution in [-0.2, 0) is 7.05 Å². The van der Waals surface area contributed by atoms with E-state index in [4.69, 9.17) is 0 Å². The van der Waals surface area contributed by atoms with E-state index >= 15 is 0 Å². The van der Waals surface area contributed by atoms with Gasteiger partial charge >= 0.3 is 0 Å².